The van der Waals surface area contributed by atoms with Crippen molar-refractivity contribution in [2.45, 2.75) is 18.6 Å². The Bertz CT molecular complexity index is 1560. The lowest BCUT2D eigenvalue weighted by atomic mass is 9.99. The lowest BCUT2D eigenvalue weighted by Gasteiger charge is -2.25. The van der Waals surface area contributed by atoms with Crippen LogP contribution in [0.5, 0.6) is 0 Å². The van der Waals surface area contributed by atoms with Crippen molar-refractivity contribution in [1.82, 2.24) is 25.2 Å². The average Bonchev–Trinajstić information content (AvgIpc) is 3.56. The SMILES string of the molecule is Cn1nncc1-c1cc(C(=O)NC(Cc2ccccc2C(F)(F)F)CN2C(=O)c3ccccc3C2=O)sc1Cl. The Morgan fingerprint density at radius 2 is 1.69 bits per heavy atom. The third-order valence-electron chi connectivity index (χ3n) is 6.31. The zero-order chi connectivity index (χ0) is 27.9. The molecule has 0 aliphatic carbocycles. The number of thiophene rings is 1. The van der Waals surface area contributed by atoms with Gasteiger partial charge in [0.15, 0.2) is 0 Å². The molecule has 0 radical (unpaired) electrons. The molecule has 0 bridgehead atoms. The van der Waals surface area contributed by atoms with E-state index in [2.05, 4.69) is 15.6 Å². The van der Waals surface area contributed by atoms with Gasteiger partial charge < -0.3 is 5.32 Å². The monoisotopic (exact) mass is 573 g/mol. The van der Waals surface area contributed by atoms with Crippen LogP contribution >= 0.6 is 22.9 Å². The number of amides is 3. The van der Waals surface area contributed by atoms with Crippen LogP contribution in [-0.2, 0) is 19.6 Å². The van der Waals surface area contributed by atoms with E-state index in [0.717, 1.165) is 22.3 Å². The fraction of sp³-hybridized carbons (Fsp3) is 0.192. The van der Waals surface area contributed by atoms with Gasteiger partial charge in [0.05, 0.1) is 39.5 Å². The molecule has 1 aliphatic heterocycles. The highest BCUT2D eigenvalue weighted by Crippen LogP contribution is 2.36. The van der Waals surface area contributed by atoms with E-state index in [9.17, 15) is 27.6 Å². The minimum Gasteiger partial charge on any atom is -0.346 e. The van der Waals surface area contributed by atoms with Crippen molar-refractivity contribution in [1.29, 1.82) is 0 Å². The van der Waals surface area contributed by atoms with Crippen molar-refractivity contribution in [2.24, 2.45) is 7.05 Å². The highest BCUT2D eigenvalue weighted by molar-refractivity contribution is 7.18. The summed E-state index contributed by atoms with van der Waals surface area (Å²) in [7, 11) is 1.66. The van der Waals surface area contributed by atoms with E-state index in [-0.39, 0.29) is 34.5 Å². The largest absolute Gasteiger partial charge is 0.416 e. The highest BCUT2D eigenvalue weighted by atomic mass is 35.5. The molecular formula is C26H19ClF3N5O3S. The summed E-state index contributed by atoms with van der Waals surface area (Å²) in [5, 5.41) is 10.4. The molecule has 5 rings (SSSR count). The van der Waals surface area contributed by atoms with E-state index < -0.39 is 35.5 Å². The first kappa shape index (κ1) is 26.6. The van der Waals surface area contributed by atoms with E-state index >= 15 is 0 Å². The number of aryl methyl sites for hydroxylation is 1. The van der Waals surface area contributed by atoms with E-state index in [0.29, 0.717) is 15.6 Å². The first-order chi connectivity index (χ1) is 18.5. The van der Waals surface area contributed by atoms with Crippen LogP contribution in [0.25, 0.3) is 11.3 Å². The van der Waals surface area contributed by atoms with Crippen LogP contribution in [0.2, 0.25) is 4.34 Å². The van der Waals surface area contributed by atoms with Gasteiger partial charge in [0.2, 0.25) is 0 Å². The Kier molecular flexibility index (Phi) is 7.00. The van der Waals surface area contributed by atoms with Crippen molar-refractivity contribution < 1.29 is 27.6 Å². The molecule has 3 heterocycles. The fourth-order valence-corrected chi connectivity index (χ4v) is 5.67. The molecule has 1 atom stereocenters. The number of imide groups is 1. The molecule has 1 aliphatic rings. The molecule has 3 amide bonds. The van der Waals surface area contributed by atoms with Crippen LogP contribution in [0, 0.1) is 0 Å². The van der Waals surface area contributed by atoms with Gasteiger partial charge in [-0.2, -0.15) is 13.2 Å². The first-order valence-corrected chi connectivity index (χ1v) is 12.8. The van der Waals surface area contributed by atoms with Gasteiger partial charge in [0.1, 0.15) is 4.34 Å². The van der Waals surface area contributed by atoms with Gasteiger partial charge in [-0.3, -0.25) is 19.3 Å². The van der Waals surface area contributed by atoms with Crippen molar-refractivity contribution in [3.63, 3.8) is 0 Å². The number of aromatic nitrogens is 3. The van der Waals surface area contributed by atoms with Gasteiger partial charge in [0.25, 0.3) is 17.7 Å². The molecule has 39 heavy (non-hydrogen) atoms. The van der Waals surface area contributed by atoms with Gasteiger partial charge in [-0.05, 0) is 36.2 Å². The Morgan fingerprint density at radius 1 is 1.05 bits per heavy atom. The molecule has 2 aromatic carbocycles. The molecule has 0 fully saturated rings. The lowest BCUT2D eigenvalue weighted by Crippen LogP contribution is -2.47. The van der Waals surface area contributed by atoms with Crippen molar-refractivity contribution >= 4 is 40.7 Å². The van der Waals surface area contributed by atoms with Gasteiger partial charge in [0, 0.05) is 19.2 Å². The first-order valence-electron chi connectivity index (χ1n) is 11.6. The summed E-state index contributed by atoms with van der Waals surface area (Å²) < 4.78 is 42.9. The molecule has 4 aromatic rings. The fourth-order valence-electron chi connectivity index (χ4n) is 4.47. The van der Waals surface area contributed by atoms with Crippen LogP contribution in [0.4, 0.5) is 13.2 Å². The van der Waals surface area contributed by atoms with Crippen LogP contribution in [0.15, 0.2) is 60.8 Å². The predicted octanol–water partition coefficient (Wildman–Crippen LogP) is 4.85. The van der Waals surface area contributed by atoms with Gasteiger partial charge in [-0.1, -0.05) is 47.1 Å². The smallest absolute Gasteiger partial charge is 0.346 e. The Labute approximate surface area is 229 Å². The molecule has 1 unspecified atom stereocenters. The lowest BCUT2D eigenvalue weighted by molar-refractivity contribution is -0.138. The topological polar surface area (TPSA) is 97.2 Å². The zero-order valence-corrected chi connectivity index (χ0v) is 21.8. The van der Waals surface area contributed by atoms with E-state index in [4.69, 9.17) is 11.6 Å². The molecule has 200 valence electrons. The summed E-state index contributed by atoms with van der Waals surface area (Å²) >= 11 is 7.34. The second-order valence-corrected chi connectivity index (χ2v) is 10.5. The van der Waals surface area contributed by atoms with Gasteiger partial charge >= 0.3 is 6.18 Å². The number of carbonyl (C=O) groups excluding carboxylic acids is 3. The Balaban J connectivity index is 1.45. The normalized spacial score (nSPS) is 14.0. The summed E-state index contributed by atoms with van der Waals surface area (Å²) in [4.78, 5) is 40.4. The quantitative estimate of drug-likeness (QED) is 0.319. The number of nitrogens with zero attached hydrogens (tertiary/aromatic N) is 4. The van der Waals surface area contributed by atoms with Crippen LogP contribution in [-0.4, -0.2) is 50.2 Å². The van der Waals surface area contributed by atoms with Gasteiger partial charge in [-0.15, -0.1) is 16.4 Å². The number of fused-ring (bicyclic) bond motifs is 1. The second-order valence-electron chi connectivity index (χ2n) is 8.84. The van der Waals surface area contributed by atoms with E-state index in [1.165, 1.54) is 47.3 Å². The maximum atomic E-state index is 13.7. The third-order valence-corrected chi connectivity index (χ3v) is 7.66. The number of alkyl halides is 3. The minimum atomic E-state index is -4.63. The number of carbonyl (C=O) groups is 3. The van der Waals surface area contributed by atoms with Crippen LogP contribution in [0.1, 0.15) is 41.5 Å². The Hall–Kier alpha value is -4.03. The Morgan fingerprint density at radius 3 is 2.31 bits per heavy atom. The van der Waals surface area contributed by atoms with Crippen molar-refractivity contribution in [3.05, 3.63) is 92.3 Å². The maximum absolute atomic E-state index is 13.7. The number of hydrogen-bond donors (Lipinski definition) is 1. The molecule has 2 aromatic heterocycles. The molecule has 1 N–H and O–H groups in total. The summed E-state index contributed by atoms with van der Waals surface area (Å²) in [5.74, 6) is -1.78. The molecule has 0 spiro atoms. The molecule has 0 saturated carbocycles. The number of hydrogen-bond acceptors (Lipinski definition) is 6. The second kappa shape index (κ2) is 10.3. The zero-order valence-electron chi connectivity index (χ0n) is 20.2. The summed E-state index contributed by atoms with van der Waals surface area (Å²) in [6.45, 7) is -0.331. The predicted molar refractivity (Wildman–Crippen MR) is 138 cm³/mol. The minimum absolute atomic E-state index is 0.0854. The third kappa shape index (κ3) is 5.17. The number of halogens is 4. The van der Waals surface area contributed by atoms with E-state index in [1.807, 2.05) is 0 Å². The summed E-state index contributed by atoms with van der Waals surface area (Å²) in [6.07, 6.45) is -3.44. The molecule has 0 saturated heterocycles. The number of nitrogens with one attached hydrogen (secondary N) is 1. The number of rotatable bonds is 7. The number of benzene rings is 2. The van der Waals surface area contributed by atoms with Crippen LogP contribution in [0.3, 0.4) is 0 Å². The van der Waals surface area contributed by atoms with Crippen molar-refractivity contribution in [3.8, 4) is 11.3 Å². The maximum Gasteiger partial charge on any atom is 0.416 e. The standard InChI is InChI=1S/C26H19ClF3N5O3S/c1-34-20(12-31-33-34)18-11-21(39-22(18)27)23(36)32-15(10-14-6-2-5-9-19(14)26(28,29)30)13-35-24(37)16-7-3-4-8-17(16)25(35)38/h2-9,11-12,15H,10,13H2,1H3,(H,32,36). The van der Waals surface area contributed by atoms with Gasteiger partial charge in [-0.25, -0.2) is 4.68 Å². The molecular weight excluding hydrogens is 555 g/mol. The summed E-state index contributed by atoms with van der Waals surface area (Å²) in [5.41, 5.74) is 0.524. The van der Waals surface area contributed by atoms with Crippen LogP contribution < -0.4 is 5.32 Å². The average molecular weight is 574 g/mol. The molecule has 13 heteroatoms. The van der Waals surface area contributed by atoms with Crippen molar-refractivity contribution in [2.75, 3.05) is 6.54 Å². The highest BCUT2D eigenvalue weighted by Gasteiger charge is 2.38. The molecule has 8 nitrogen and oxygen atoms in total. The summed E-state index contributed by atoms with van der Waals surface area (Å²) in [6, 6.07) is 11.7. The van der Waals surface area contributed by atoms with E-state index in [1.54, 1.807) is 19.2 Å².